The molecule has 1 aliphatic rings. The zero-order valence-corrected chi connectivity index (χ0v) is 11.0. The summed E-state index contributed by atoms with van der Waals surface area (Å²) in [6.07, 6.45) is 0. The third kappa shape index (κ3) is 2.75. The van der Waals surface area contributed by atoms with Crippen molar-refractivity contribution in [3.63, 3.8) is 0 Å². The summed E-state index contributed by atoms with van der Waals surface area (Å²) < 4.78 is 0. The van der Waals surface area contributed by atoms with Gasteiger partial charge in [0.2, 0.25) is 5.91 Å². The van der Waals surface area contributed by atoms with E-state index in [1.54, 1.807) is 23.1 Å². The second-order valence-corrected chi connectivity index (χ2v) is 6.06. The van der Waals surface area contributed by atoms with Gasteiger partial charge < -0.3 is 5.32 Å². The minimum atomic E-state index is -0.0350. The number of hydrogen-bond acceptors (Lipinski definition) is 5. The number of nitrogens with zero attached hydrogens (tertiary/aromatic N) is 1. The zero-order chi connectivity index (χ0) is 11.5. The van der Waals surface area contributed by atoms with Crippen molar-refractivity contribution in [1.29, 1.82) is 0 Å². The number of aromatic nitrogens is 1. The lowest BCUT2D eigenvalue weighted by molar-refractivity contribution is -0.122. The summed E-state index contributed by atoms with van der Waals surface area (Å²) in [5.74, 6) is 1.81. The molecule has 1 unspecified atom stereocenters. The first-order valence-electron chi connectivity index (χ1n) is 5.18. The Kier molecular flexibility index (Phi) is 3.83. The Balaban J connectivity index is 1.84. The fourth-order valence-corrected chi connectivity index (χ4v) is 3.28. The van der Waals surface area contributed by atoms with Crippen LogP contribution >= 0.6 is 23.1 Å². The molecule has 1 saturated heterocycles. The van der Waals surface area contributed by atoms with Crippen LogP contribution in [0.4, 0.5) is 0 Å². The largest absolute Gasteiger partial charge is 0.348 e. The summed E-state index contributed by atoms with van der Waals surface area (Å²) in [5.41, 5.74) is 1.06. The predicted octanol–water partition coefficient (Wildman–Crippen LogP) is 1.04. The second-order valence-electron chi connectivity index (χ2n) is 3.74. The quantitative estimate of drug-likeness (QED) is 0.849. The Labute approximate surface area is 103 Å². The van der Waals surface area contributed by atoms with E-state index in [1.165, 1.54) is 4.88 Å². The van der Waals surface area contributed by atoms with Crippen molar-refractivity contribution in [1.82, 2.24) is 15.6 Å². The molecular weight excluding hydrogens is 242 g/mol. The number of carbonyl (C=O) groups excluding carboxylic acids is 1. The van der Waals surface area contributed by atoms with Crippen LogP contribution in [0.2, 0.25) is 0 Å². The molecule has 1 atom stereocenters. The van der Waals surface area contributed by atoms with Gasteiger partial charge in [0.15, 0.2) is 0 Å². The van der Waals surface area contributed by atoms with E-state index >= 15 is 0 Å². The van der Waals surface area contributed by atoms with Gasteiger partial charge in [0.1, 0.15) is 5.01 Å². The lowest BCUT2D eigenvalue weighted by Gasteiger charge is -2.08. The normalized spacial score (nSPS) is 20.0. The molecule has 1 fully saturated rings. The summed E-state index contributed by atoms with van der Waals surface area (Å²) in [6, 6.07) is -0.0350. The van der Waals surface area contributed by atoms with Crippen LogP contribution in [0, 0.1) is 13.8 Å². The molecule has 1 aromatic heterocycles. The van der Waals surface area contributed by atoms with Gasteiger partial charge in [-0.25, -0.2) is 4.98 Å². The number of aryl methyl sites for hydroxylation is 2. The molecule has 88 valence electrons. The van der Waals surface area contributed by atoms with Crippen LogP contribution in [-0.2, 0) is 11.3 Å². The molecule has 2 heterocycles. The van der Waals surface area contributed by atoms with Crippen molar-refractivity contribution < 1.29 is 4.79 Å². The summed E-state index contributed by atoms with van der Waals surface area (Å²) in [5, 5.41) is 7.04. The highest BCUT2D eigenvalue weighted by Crippen LogP contribution is 2.16. The number of thiazole rings is 1. The van der Waals surface area contributed by atoms with Crippen LogP contribution in [0.15, 0.2) is 0 Å². The van der Waals surface area contributed by atoms with Gasteiger partial charge in [0.25, 0.3) is 0 Å². The zero-order valence-electron chi connectivity index (χ0n) is 9.37. The van der Waals surface area contributed by atoms with Gasteiger partial charge in [-0.3, -0.25) is 10.1 Å². The van der Waals surface area contributed by atoms with Crippen molar-refractivity contribution >= 4 is 29.0 Å². The average Bonchev–Trinajstić information content (AvgIpc) is 2.86. The Morgan fingerprint density at radius 2 is 2.44 bits per heavy atom. The van der Waals surface area contributed by atoms with Gasteiger partial charge in [0, 0.05) is 16.5 Å². The molecule has 1 aromatic rings. The van der Waals surface area contributed by atoms with Crippen molar-refractivity contribution in [3.05, 3.63) is 15.6 Å². The molecule has 4 nitrogen and oxygen atoms in total. The molecule has 1 aliphatic heterocycles. The Bertz CT molecular complexity index is 366. The van der Waals surface area contributed by atoms with Crippen molar-refractivity contribution in [2.45, 2.75) is 26.4 Å². The van der Waals surface area contributed by atoms with Crippen LogP contribution < -0.4 is 10.6 Å². The molecule has 0 saturated carbocycles. The van der Waals surface area contributed by atoms with Crippen LogP contribution in [0.3, 0.4) is 0 Å². The molecule has 16 heavy (non-hydrogen) atoms. The average molecular weight is 257 g/mol. The summed E-state index contributed by atoms with van der Waals surface area (Å²) >= 11 is 3.40. The summed E-state index contributed by atoms with van der Waals surface area (Å²) in [4.78, 5) is 17.3. The van der Waals surface area contributed by atoms with Crippen molar-refractivity contribution in [2.75, 3.05) is 11.6 Å². The van der Waals surface area contributed by atoms with Gasteiger partial charge in [-0.2, -0.15) is 0 Å². The van der Waals surface area contributed by atoms with E-state index < -0.39 is 0 Å². The Morgan fingerprint density at radius 3 is 3.00 bits per heavy atom. The molecule has 0 aliphatic carbocycles. The fourth-order valence-electron chi connectivity index (χ4n) is 1.46. The van der Waals surface area contributed by atoms with Gasteiger partial charge in [-0.1, -0.05) is 0 Å². The van der Waals surface area contributed by atoms with Gasteiger partial charge in [-0.15, -0.1) is 23.1 Å². The SMILES string of the molecule is Cc1nc(CNC(=O)C2CSCN2)sc1C. The minimum absolute atomic E-state index is 0.0350. The monoisotopic (exact) mass is 257 g/mol. The van der Waals surface area contributed by atoms with E-state index in [2.05, 4.69) is 15.6 Å². The van der Waals surface area contributed by atoms with E-state index in [9.17, 15) is 4.79 Å². The van der Waals surface area contributed by atoms with E-state index in [0.29, 0.717) is 6.54 Å². The topological polar surface area (TPSA) is 54.0 Å². The van der Waals surface area contributed by atoms with Crippen LogP contribution in [-0.4, -0.2) is 28.6 Å². The van der Waals surface area contributed by atoms with E-state index in [4.69, 9.17) is 0 Å². The molecule has 0 radical (unpaired) electrons. The predicted molar refractivity (Wildman–Crippen MR) is 67.7 cm³/mol. The van der Waals surface area contributed by atoms with E-state index in [1.807, 2.05) is 13.8 Å². The number of hydrogen-bond donors (Lipinski definition) is 2. The first kappa shape index (κ1) is 11.9. The number of amides is 1. The minimum Gasteiger partial charge on any atom is -0.348 e. The summed E-state index contributed by atoms with van der Waals surface area (Å²) in [7, 11) is 0. The van der Waals surface area contributed by atoms with Crippen LogP contribution in [0.1, 0.15) is 15.6 Å². The Morgan fingerprint density at radius 1 is 1.62 bits per heavy atom. The van der Waals surface area contributed by atoms with Crippen LogP contribution in [0.5, 0.6) is 0 Å². The maximum absolute atomic E-state index is 11.7. The van der Waals surface area contributed by atoms with Gasteiger partial charge in [0.05, 0.1) is 18.3 Å². The maximum Gasteiger partial charge on any atom is 0.238 e. The van der Waals surface area contributed by atoms with E-state index in [0.717, 1.165) is 22.3 Å². The maximum atomic E-state index is 11.7. The third-order valence-corrected chi connectivity index (χ3v) is 4.53. The highest BCUT2D eigenvalue weighted by Gasteiger charge is 2.22. The van der Waals surface area contributed by atoms with Gasteiger partial charge in [-0.05, 0) is 13.8 Å². The lowest BCUT2D eigenvalue weighted by atomic mass is 10.3. The highest BCUT2D eigenvalue weighted by molar-refractivity contribution is 7.99. The standard InChI is InChI=1S/C10H15N3OS2/c1-6-7(2)16-9(13-6)3-11-10(14)8-4-15-5-12-8/h8,12H,3-5H2,1-2H3,(H,11,14). The fraction of sp³-hybridized carbons (Fsp3) is 0.600. The smallest absolute Gasteiger partial charge is 0.238 e. The molecule has 2 rings (SSSR count). The molecule has 2 N–H and O–H groups in total. The van der Waals surface area contributed by atoms with Crippen LogP contribution in [0.25, 0.3) is 0 Å². The first-order chi connectivity index (χ1) is 7.66. The van der Waals surface area contributed by atoms with Gasteiger partial charge >= 0.3 is 0 Å². The first-order valence-corrected chi connectivity index (χ1v) is 7.15. The number of rotatable bonds is 3. The molecule has 0 bridgehead atoms. The number of nitrogens with one attached hydrogen (secondary N) is 2. The summed E-state index contributed by atoms with van der Waals surface area (Å²) in [6.45, 7) is 4.58. The number of carbonyl (C=O) groups is 1. The second kappa shape index (κ2) is 5.16. The van der Waals surface area contributed by atoms with Crippen molar-refractivity contribution in [3.8, 4) is 0 Å². The third-order valence-electron chi connectivity index (χ3n) is 2.52. The molecule has 0 spiro atoms. The van der Waals surface area contributed by atoms with E-state index in [-0.39, 0.29) is 11.9 Å². The lowest BCUT2D eigenvalue weighted by Crippen LogP contribution is -2.41. The van der Waals surface area contributed by atoms with Crippen molar-refractivity contribution in [2.24, 2.45) is 0 Å². The molecular formula is C10H15N3OS2. The molecule has 1 amide bonds. The number of thioether (sulfide) groups is 1. The molecule has 0 aromatic carbocycles. The Hall–Kier alpha value is -0.590. The molecule has 6 heteroatoms. The highest BCUT2D eigenvalue weighted by atomic mass is 32.2.